The number of esters is 1. The van der Waals surface area contributed by atoms with Gasteiger partial charge < -0.3 is 10.1 Å². The maximum atomic E-state index is 11.8. The fourth-order valence-corrected chi connectivity index (χ4v) is 2.73. The van der Waals surface area contributed by atoms with Crippen LogP contribution in [0.2, 0.25) is 10.0 Å². The number of thiophene rings is 1. The highest BCUT2D eigenvalue weighted by atomic mass is 35.5. The number of hydrogen-bond donors (Lipinski definition) is 1. The third-order valence-electron chi connectivity index (χ3n) is 2.64. The van der Waals surface area contributed by atoms with Crippen molar-refractivity contribution in [2.75, 3.05) is 11.9 Å². The highest BCUT2D eigenvalue weighted by Crippen LogP contribution is 2.25. The zero-order valence-corrected chi connectivity index (χ0v) is 14.1. The van der Waals surface area contributed by atoms with Gasteiger partial charge in [0.15, 0.2) is 12.4 Å². The van der Waals surface area contributed by atoms with E-state index in [-0.39, 0.29) is 10.8 Å². The zero-order valence-electron chi connectivity index (χ0n) is 11.8. The molecule has 2 aromatic rings. The number of ether oxygens (including phenoxy) is 1. The van der Waals surface area contributed by atoms with Crippen molar-refractivity contribution in [3.63, 3.8) is 0 Å². The molecule has 2 heterocycles. The first-order chi connectivity index (χ1) is 10.4. The molecule has 0 aliphatic carbocycles. The molecule has 1 N–H and O–H groups in total. The van der Waals surface area contributed by atoms with Gasteiger partial charge in [0.1, 0.15) is 4.88 Å². The second-order valence-electron chi connectivity index (χ2n) is 4.42. The lowest BCUT2D eigenvalue weighted by atomic mass is 10.3. The molecular formula is C14H12Cl2N2O3S. The highest BCUT2D eigenvalue weighted by molar-refractivity contribution is 7.13. The maximum absolute atomic E-state index is 11.8. The van der Waals surface area contributed by atoms with Crippen LogP contribution in [0.25, 0.3) is 0 Å². The minimum Gasteiger partial charge on any atom is -0.451 e. The molecule has 22 heavy (non-hydrogen) atoms. The van der Waals surface area contributed by atoms with E-state index in [1.165, 1.54) is 17.4 Å². The van der Waals surface area contributed by atoms with Gasteiger partial charge in [-0.25, -0.2) is 9.78 Å². The van der Waals surface area contributed by atoms with Gasteiger partial charge >= 0.3 is 5.97 Å². The fraction of sp³-hybridized carbons (Fsp3) is 0.214. The third kappa shape index (κ3) is 4.19. The monoisotopic (exact) mass is 358 g/mol. The Kier molecular flexibility index (Phi) is 5.39. The Morgan fingerprint density at radius 1 is 1.27 bits per heavy atom. The third-order valence-corrected chi connectivity index (χ3v) is 4.29. The van der Waals surface area contributed by atoms with E-state index < -0.39 is 18.5 Å². The Morgan fingerprint density at radius 2 is 2.00 bits per heavy atom. The average molecular weight is 359 g/mol. The summed E-state index contributed by atoms with van der Waals surface area (Å²) in [6.45, 7) is 3.15. The molecule has 5 nitrogen and oxygen atoms in total. The Labute approximate surface area is 141 Å². The summed E-state index contributed by atoms with van der Waals surface area (Å²) in [5.74, 6) is -0.895. The van der Waals surface area contributed by atoms with Crippen molar-refractivity contribution in [3.05, 3.63) is 43.7 Å². The van der Waals surface area contributed by atoms with Crippen LogP contribution in [-0.4, -0.2) is 23.5 Å². The Balaban J connectivity index is 1.93. The predicted octanol–water partition coefficient (Wildman–Crippen LogP) is 3.86. The van der Waals surface area contributed by atoms with Gasteiger partial charge in [-0.1, -0.05) is 23.2 Å². The maximum Gasteiger partial charge on any atom is 0.348 e. The number of carbonyl (C=O) groups is 2. The summed E-state index contributed by atoms with van der Waals surface area (Å²) < 4.78 is 4.93. The molecule has 0 saturated carbocycles. The van der Waals surface area contributed by atoms with Crippen LogP contribution < -0.4 is 5.32 Å². The van der Waals surface area contributed by atoms with Crippen LogP contribution in [-0.2, 0) is 9.53 Å². The smallest absolute Gasteiger partial charge is 0.348 e. The number of halogens is 2. The van der Waals surface area contributed by atoms with Crippen molar-refractivity contribution in [1.82, 2.24) is 4.98 Å². The molecule has 0 atom stereocenters. The SMILES string of the molecule is Cc1ccc(C(=O)OCC(=O)Nc2nc(C)c(Cl)cc2Cl)s1. The predicted molar refractivity (Wildman–Crippen MR) is 87.0 cm³/mol. The van der Waals surface area contributed by atoms with Crippen LogP contribution in [0.15, 0.2) is 18.2 Å². The number of amides is 1. The first kappa shape index (κ1) is 16.7. The molecular weight excluding hydrogens is 347 g/mol. The van der Waals surface area contributed by atoms with E-state index in [1.807, 2.05) is 13.0 Å². The lowest BCUT2D eigenvalue weighted by Crippen LogP contribution is -2.21. The van der Waals surface area contributed by atoms with Crippen molar-refractivity contribution < 1.29 is 14.3 Å². The van der Waals surface area contributed by atoms with Crippen molar-refractivity contribution >= 4 is 52.2 Å². The fourth-order valence-electron chi connectivity index (χ4n) is 1.56. The molecule has 0 fully saturated rings. The van der Waals surface area contributed by atoms with Crippen molar-refractivity contribution in [2.24, 2.45) is 0 Å². The van der Waals surface area contributed by atoms with E-state index >= 15 is 0 Å². The van der Waals surface area contributed by atoms with E-state index in [9.17, 15) is 9.59 Å². The van der Waals surface area contributed by atoms with Crippen LogP contribution in [0.5, 0.6) is 0 Å². The number of aromatic nitrogens is 1. The first-order valence-electron chi connectivity index (χ1n) is 6.23. The van der Waals surface area contributed by atoms with Crippen LogP contribution in [0.1, 0.15) is 20.2 Å². The van der Waals surface area contributed by atoms with Gasteiger partial charge in [0, 0.05) is 4.88 Å². The van der Waals surface area contributed by atoms with Gasteiger partial charge in [-0.3, -0.25) is 4.79 Å². The van der Waals surface area contributed by atoms with Crippen molar-refractivity contribution in [3.8, 4) is 0 Å². The van der Waals surface area contributed by atoms with Crippen molar-refractivity contribution in [1.29, 1.82) is 0 Å². The number of rotatable bonds is 4. The van der Waals surface area contributed by atoms with E-state index in [0.717, 1.165) is 4.88 Å². The van der Waals surface area contributed by atoms with Crippen molar-refractivity contribution in [2.45, 2.75) is 13.8 Å². The Hall–Kier alpha value is -1.63. The minimum absolute atomic E-state index is 0.177. The summed E-state index contributed by atoms with van der Waals surface area (Å²) in [6.07, 6.45) is 0. The normalized spacial score (nSPS) is 10.4. The van der Waals surface area contributed by atoms with Crippen LogP contribution in [0.4, 0.5) is 5.82 Å². The van der Waals surface area contributed by atoms with Crippen LogP contribution in [0.3, 0.4) is 0 Å². The molecule has 2 aromatic heterocycles. The molecule has 0 saturated heterocycles. The highest BCUT2D eigenvalue weighted by Gasteiger charge is 2.14. The molecule has 0 aliphatic heterocycles. The number of hydrogen-bond acceptors (Lipinski definition) is 5. The second kappa shape index (κ2) is 7.09. The standard InChI is InChI=1S/C14H12Cl2N2O3S/c1-7-3-4-11(22-7)14(20)21-6-12(19)18-13-10(16)5-9(15)8(2)17-13/h3-5H,6H2,1-2H3,(H,17,18,19). The number of pyridine rings is 1. The summed E-state index contributed by atoms with van der Waals surface area (Å²) >= 11 is 13.1. The topological polar surface area (TPSA) is 68.3 Å². The van der Waals surface area contributed by atoms with Gasteiger partial charge in [0.25, 0.3) is 5.91 Å². The number of nitrogens with zero attached hydrogens (tertiary/aromatic N) is 1. The van der Waals surface area contributed by atoms with E-state index in [0.29, 0.717) is 15.6 Å². The largest absolute Gasteiger partial charge is 0.451 e. The molecule has 8 heteroatoms. The molecule has 0 aromatic carbocycles. The number of carbonyl (C=O) groups excluding carboxylic acids is 2. The summed E-state index contributed by atoms with van der Waals surface area (Å²) in [5.41, 5.74) is 0.535. The van der Waals surface area contributed by atoms with Gasteiger partial charge in [-0.05, 0) is 32.0 Å². The minimum atomic E-state index is -0.542. The van der Waals surface area contributed by atoms with E-state index in [2.05, 4.69) is 10.3 Å². The molecule has 0 radical (unpaired) electrons. The molecule has 0 spiro atoms. The molecule has 2 rings (SSSR count). The zero-order chi connectivity index (χ0) is 16.3. The lowest BCUT2D eigenvalue weighted by Gasteiger charge is -2.08. The number of anilines is 1. The first-order valence-corrected chi connectivity index (χ1v) is 7.80. The summed E-state index contributed by atoms with van der Waals surface area (Å²) in [7, 11) is 0. The number of aryl methyl sites for hydroxylation is 2. The van der Waals surface area contributed by atoms with Crippen LogP contribution in [0, 0.1) is 13.8 Å². The average Bonchev–Trinajstić information content (AvgIpc) is 2.89. The Bertz CT molecular complexity index is 731. The summed E-state index contributed by atoms with van der Waals surface area (Å²) in [4.78, 5) is 29.0. The van der Waals surface area contributed by atoms with Gasteiger partial charge in [-0.2, -0.15) is 0 Å². The Morgan fingerprint density at radius 3 is 2.64 bits per heavy atom. The second-order valence-corrected chi connectivity index (χ2v) is 6.52. The van der Waals surface area contributed by atoms with E-state index in [4.69, 9.17) is 27.9 Å². The van der Waals surface area contributed by atoms with E-state index in [1.54, 1.807) is 13.0 Å². The summed E-state index contributed by atoms with van der Waals surface area (Å²) in [6, 6.07) is 4.95. The molecule has 0 unspecified atom stereocenters. The summed E-state index contributed by atoms with van der Waals surface area (Å²) in [5, 5.41) is 3.09. The van der Waals surface area contributed by atoms with Gasteiger partial charge in [0.05, 0.1) is 15.7 Å². The van der Waals surface area contributed by atoms with Gasteiger partial charge in [0.2, 0.25) is 0 Å². The molecule has 1 amide bonds. The van der Waals surface area contributed by atoms with Crippen LogP contribution >= 0.6 is 34.5 Å². The quantitative estimate of drug-likeness (QED) is 0.842. The molecule has 0 bridgehead atoms. The lowest BCUT2D eigenvalue weighted by molar-refractivity contribution is -0.119. The molecule has 116 valence electrons. The number of nitrogens with one attached hydrogen (secondary N) is 1. The van der Waals surface area contributed by atoms with Gasteiger partial charge in [-0.15, -0.1) is 11.3 Å². The molecule has 0 aliphatic rings.